The zero-order valence-electron chi connectivity index (χ0n) is 11.2. The molecule has 0 saturated heterocycles. The molecule has 4 nitrogen and oxygen atoms in total. The van der Waals surface area contributed by atoms with Crippen molar-refractivity contribution in [3.05, 3.63) is 35.7 Å². The summed E-state index contributed by atoms with van der Waals surface area (Å²) >= 11 is 0. The zero-order chi connectivity index (χ0) is 13.1. The maximum absolute atomic E-state index is 5.30. The van der Waals surface area contributed by atoms with Gasteiger partial charge in [-0.25, -0.2) is 0 Å². The van der Waals surface area contributed by atoms with E-state index in [0.29, 0.717) is 24.3 Å². The minimum atomic E-state index is 0.620. The first kappa shape index (κ1) is 12.4. The Balaban J connectivity index is 1.65. The molecule has 1 saturated carbocycles. The van der Waals surface area contributed by atoms with Gasteiger partial charge in [0, 0.05) is 11.6 Å². The van der Waals surface area contributed by atoms with Gasteiger partial charge in [-0.2, -0.15) is 4.98 Å². The molecule has 1 aromatic heterocycles. The van der Waals surface area contributed by atoms with Crippen molar-refractivity contribution in [3.63, 3.8) is 0 Å². The van der Waals surface area contributed by atoms with Gasteiger partial charge in [-0.3, -0.25) is 0 Å². The second kappa shape index (κ2) is 5.53. The summed E-state index contributed by atoms with van der Waals surface area (Å²) in [5, 5.41) is 7.52. The van der Waals surface area contributed by atoms with Crippen molar-refractivity contribution in [2.24, 2.45) is 0 Å². The largest absolute Gasteiger partial charge is 0.338 e. The van der Waals surface area contributed by atoms with Crippen molar-refractivity contribution in [2.75, 3.05) is 0 Å². The SMILES string of the molecule is Cc1cccc(-c2noc(CNC3CCCC3)n2)c1. The van der Waals surface area contributed by atoms with E-state index < -0.39 is 0 Å². The number of nitrogens with one attached hydrogen (secondary N) is 1. The molecule has 0 spiro atoms. The summed E-state index contributed by atoms with van der Waals surface area (Å²) in [5.74, 6) is 1.34. The third kappa shape index (κ3) is 3.01. The molecular weight excluding hydrogens is 238 g/mol. The molecule has 1 heterocycles. The van der Waals surface area contributed by atoms with E-state index in [1.807, 2.05) is 12.1 Å². The number of rotatable bonds is 4. The summed E-state index contributed by atoms with van der Waals surface area (Å²) in [6.45, 7) is 2.73. The summed E-state index contributed by atoms with van der Waals surface area (Å²) < 4.78 is 5.30. The van der Waals surface area contributed by atoms with Gasteiger partial charge in [0.15, 0.2) is 0 Å². The summed E-state index contributed by atoms with van der Waals surface area (Å²) in [6, 6.07) is 8.77. The number of hydrogen-bond donors (Lipinski definition) is 1. The van der Waals surface area contributed by atoms with Crippen molar-refractivity contribution < 1.29 is 4.52 Å². The number of aromatic nitrogens is 2. The fraction of sp³-hybridized carbons (Fsp3) is 0.467. The van der Waals surface area contributed by atoms with Gasteiger partial charge in [0.1, 0.15) is 0 Å². The van der Waals surface area contributed by atoms with Crippen LogP contribution < -0.4 is 5.32 Å². The Hall–Kier alpha value is -1.68. The van der Waals surface area contributed by atoms with Gasteiger partial charge in [0.25, 0.3) is 0 Å². The van der Waals surface area contributed by atoms with E-state index in [1.165, 1.54) is 31.2 Å². The molecule has 0 amide bonds. The van der Waals surface area contributed by atoms with E-state index in [9.17, 15) is 0 Å². The summed E-state index contributed by atoms with van der Waals surface area (Å²) in [5.41, 5.74) is 2.21. The number of aryl methyl sites for hydroxylation is 1. The predicted octanol–water partition coefficient (Wildman–Crippen LogP) is 3.08. The van der Waals surface area contributed by atoms with Crippen molar-refractivity contribution in [1.82, 2.24) is 15.5 Å². The second-order valence-corrected chi connectivity index (χ2v) is 5.24. The van der Waals surface area contributed by atoms with Crippen molar-refractivity contribution >= 4 is 0 Å². The Labute approximate surface area is 113 Å². The van der Waals surface area contributed by atoms with Crippen LogP contribution in [0.3, 0.4) is 0 Å². The molecule has 100 valence electrons. The minimum absolute atomic E-state index is 0.620. The van der Waals surface area contributed by atoms with Crippen LogP contribution in [-0.4, -0.2) is 16.2 Å². The quantitative estimate of drug-likeness (QED) is 0.914. The molecule has 0 unspecified atom stereocenters. The molecule has 0 atom stereocenters. The summed E-state index contributed by atoms with van der Waals surface area (Å²) in [4.78, 5) is 4.44. The molecule has 0 aliphatic heterocycles. The number of nitrogens with zero attached hydrogens (tertiary/aromatic N) is 2. The fourth-order valence-corrected chi connectivity index (χ4v) is 2.59. The van der Waals surface area contributed by atoms with Crippen LogP contribution in [0.5, 0.6) is 0 Å². The van der Waals surface area contributed by atoms with Crippen LogP contribution in [0.2, 0.25) is 0 Å². The van der Waals surface area contributed by atoms with Crippen molar-refractivity contribution in [1.29, 1.82) is 0 Å². The first-order valence-corrected chi connectivity index (χ1v) is 6.94. The highest BCUT2D eigenvalue weighted by Crippen LogP contribution is 2.19. The molecule has 1 fully saturated rings. The van der Waals surface area contributed by atoms with Crippen LogP contribution in [0.25, 0.3) is 11.4 Å². The maximum atomic E-state index is 5.30. The number of hydrogen-bond acceptors (Lipinski definition) is 4. The van der Waals surface area contributed by atoms with Crippen LogP contribution in [0.15, 0.2) is 28.8 Å². The first-order valence-electron chi connectivity index (χ1n) is 6.94. The van der Waals surface area contributed by atoms with Crippen LogP contribution in [-0.2, 0) is 6.54 Å². The van der Waals surface area contributed by atoms with Gasteiger partial charge in [0.05, 0.1) is 6.54 Å². The minimum Gasteiger partial charge on any atom is -0.338 e. The van der Waals surface area contributed by atoms with Gasteiger partial charge in [0.2, 0.25) is 11.7 Å². The van der Waals surface area contributed by atoms with Gasteiger partial charge in [-0.1, -0.05) is 41.8 Å². The first-order chi connectivity index (χ1) is 9.31. The molecule has 0 radical (unpaired) electrons. The average Bonchev–Trinajstić information content (AvgIpc) is 3.08. The van der Waals surface area contributed by atoms with E-state index >= 15 is 0 Å². The Bertz CT molecular complexity index is 544. The Kier molecular flexibility index (Phi) is 3.60. The molecule has 1 aliphatic rings. The van der Waals surface area contributed by atoms with E-state index in [4.69, 9.17) is 4.52 Å². The van der Waals surface area contributed by atoms with Gasteiger partial charge in [-0.15, -0.1) is 0 Å². The molecule has 3 rings (SSSR count). The summed E-state index contributed by atoms with van der Waals surface area (Å²) in [6.07, 6.45) is 5.18. The second-order valence-electron chi connectivity index (χ2n) is 5.24. The van der Waals surface area contributed by atoms with Crippen LogP contribution in [0, 0.1) is 6.92 Å². The third-order valence-corrected chi connectivity index (χ3v) is 3.64. The highest BCUT2D eigenvalue weighted by atomic mass is 16.5. The molecule has 1 aliphatic carbocycles. The Morgan fingerprint density at radius 3 is 2.95 bits per heavy atom. The van der Waals surface area contributed by atoms with Gasteiger partial charge >= 0.3 is 0 Å². The van der Waals surface area contributed by atoms with E-state index in [2.05, 4.69) is 34.5 Å². The van der Waals surface area contributed by atoms with E-state index in [1.54, 1.807) is 0 Å². The fourth-order valence-electron chi connectivity index (χ4n) is 2.59. The lowest BCUT2D eigenvalue weighted by atomic mass is 10.1. The normalized spacial score (nSPS) is 16.1. The lowest BCUT2D eigenvalue weighted by molar-refractivity contribution is 0.357. The van der Waals surface area contributed by atoms with Crippen LogP contribution >= 0.6 is 0 Å². The maximum Gasteiger partial charge on any atom is 0.240 e. The van der Waals surface area contributed by atoms with Crippen LogP contribution in [0.1, 0.15) is 37.1 Å². The van der Waals surface area contributed by atoms with Gasteiger partial charge in [-0.05, 0) is 25.8 Å². The zero-order valence-corrected chi connectivity index (χ0v) is 11.2. The predicted molar refractivity (Wildman–Crippen MR) is 73.6 cm³/mol. The molecule has 2 aromatic rings. The lowest BCUT2D eigenvalue weighted by Gasteiger charge is -2.08. The average molecular weight is 257 g/mol. The highest BCUT2D eigenvalue weighted by molar-refractivity contribution is 5.55. The van der Waals surface area contributed by atoms with Crippen LogP contribution in [0.4, 0.5) is 0 Å². The Morgan fingerprint density at radius 2 is 2.16 bits per heavy atom. The molecule has 1 N–H and O–H groups in total. The highest BCUT2D eigenvalue weighted by Gasteiger charge is 2.15. The number of benzene rings is 1. The lowest BCUT2D eigenvalue weighted by Crippen LogP contribution is -2.25. The van der Waals surface area contributed by atoms with Crippen molar-refractivity contribution in [2.45, 2.75) is 45.2 Å². The summed E-state index contributed by atoms with van der Waals surface area (Å²) in [7, 11) is 0. The topological polar surface area (TPSA) is 51.0 Å². The molecular formula is C15H19N3O. The smallest absolute Gasteiger partial charge is 0.240 e. The molecule has 0 bridgehead atoms. The van der Waals surface area contributed by atoms with Crippen molar-refractivity contribution in [3.8, 4) is 11.4 Å². The standard InChI is InChI=1S/C15H19N3O/c1-11-5-4-6-12(9-11)15-17-14(19-18-15)10-16-13-7-2-3-8-13/h4-6,9,13,16H,2-3,7-8,10H2,1H3. The third-order valence-electron chi connectivity index (χ3n) is 3.64. The van der Waals surface area contributed by atoms with E-state index in [0.717, 1.165) is 5.56 Å². The molecule has 4 heteroatoms. The Morgan fingerprint density at radius 1 is 1.32 bits per heavy atom. The molecule has 1 aromatic carbocycles. The monoisotopic (exact) mass is 257 g/mol. The van der Waals surface area contributed by atoms with E-state index in [-0.39, 0.29) is 0 Å². The van der Waals surface area contributed by atoms with Gasteiger partial charge < -0.3 is 9.84 Å². The molecule has 19 heavy (non-hydrogen) atoms.